The van der Waals surface area contributed by atoms with E-state index >= 15 is 0 Å². The SMILES string of the molecule is N[C@H](c1ccc(F)cc1C(F)(F)F)C(F)F. The lowest BCUT2D eigenvalue weighted by Gasteiger charge is -2.17. The Morgan fingerprint density at radius 2 is 1.69 bits per heavy atom. The van der Waals surface area contributed by atoms with E-state index in [2.05, 4.69) is 0 Å². The average molecular weight is 243 g/mol. The molecular weight excluding hydrogens is 236 g/mol. The first kappa shape index (κ1) is 12.8. The zero-order chi connectivity index (χ0) is 12.5. The average Bonchev–Trinajstić information content (AvgIpc) is 2.15. The van der Waals surface area contributed by atoms with Gasteiger partial charge in [0, 0.05) is 0 Å². The maximum absolute atomic E-state index is 12.6. The van der Waals surface area contributed by atoms with Gasteiger partial charge in [0.05, 0.1) is 11.6 Å². The molecule has 2 N–H and O–H groups in total. The Bertz CT molecular complexity index is 373. The number of halogens is 6. The van der Waals surface area contributed by atoms with E-state index in [4.69, 9.17) is 5.73 Å². The molecule has 0 amide bonds. The third-order valence-electron chi connectivity index (χ3n) is 1.95. The van der Waals surface area contributed by atoms with Gasteiger partial charge in [0.15, 0.2) is 0 Å². The van der Waals surface area contributed by atoms with Crippen molar-refractivity contribution in [3.05, 3.63) is 35.1 Å². The Morgan fingerprint density at radius 1 is 1.12 bits per heavy atom. The third-order valence-corrected chi connectivity index (χ3v) is 1.95. The second-order valence-electron chi connectivity index (χ2n) is 3.09. The van der Waals surface area contributed by atoms with Crippen molar-refractivity contribution in [2.75, 3.05) is 0 Å². The van der Waals surface area contributed by atoms with E-state index in [0.29, 0.717) is 12.1 Å². The molecule has 1 atom stereocenters. The van der Waals surface area contributed by atoms with Gasteiger partial charge in [-0.15, -0.1) is 0 Å². The zero-order valence-corrected chi connectivity index (χ0v) is 7.73. The maximum Gasteiger partial charge on any atom is 0.416 e. The molecule has 0 aliphatic rings. The Kier molecular flexibility index (Phi) is 3.47. The molecule has 1 aromatic carbocycles. The maximum atomic E-state index is 12.6. The van der Waals surface area contributed by atoms with Gasteiger partial charge in [-0.05, 0) is 17.7 Å². The molecule has 0 aliphatic carbocycles. The third kappa shape index (κ3) is 2.66. The molecule has 1 rings (SSSR count). The second-order valence-corrected chi connectivity index (χ2v) is 3.09. The van der Waals surface area contributed by atoms with Crippen LogP contribution in [0.1, 0.15) is 17.2 Å². The monoisotopic (exact) mass is 243 g/mol. The van der Waals surface area contributed by atoms with Crippen molar-refractivity contribution in [2.45, 2.75) is 18.6 Å². The molecule has 1 nitrogen and oxygen atoms in total. The fourth-order valence-corrected chi connectivity index (χ4v) is 1.20. The van der Waals surface area contributed by atoms with E-state index < -0.39 is 35.6 Å². The smallest absolute Gasteiger partial charge is 0.319 e. The van der Waals surface area contributed by atoms with Gasteiger partial charge < -0.3 is 5.73 Å². The predicted octanol–water partition coefficient (Wildman–Crippen LogP) is 3.11. The van der Waals surface area contributed by atoms with Crippen LogP contribution in [0, 0.1) is 5.82 Å². The van der Waals surface area contributed by atoms with E-state index in [-0.39, 0.29) is 6.07 Å². The van der Waals surface area contributed by atoms with Gasteiger partial charge in [0.25, 0.3) is 6.43 Å². The lowest BCUT2D eigenvalue weighted by Crippen LogP contribution is -2.23. The molecule has 0 unspecified atom stereocenters. The topological polar surface area (TPSA) is 26.0 Å². The van der Waals surface area contributed by atoms with Gasteiger partial charge in [-0.2, -0.15) is 13.2 Å². The standard InChI is InChI=1S/C9H7F6N/c10-4-1-2-5(7(16)8(11)12)6(3-4)9(13,14)15/h1-3,7-8H,16H2/t7-/m1/s1. The number of nitrogens with two attached hydrogens (primary N) is 1. The van der Waals surface area contributed by atoms with Crippen LogP contribution in [-0.4, -0.2) is 6.43 Å². The molecule has 0 saturated carbocycles. The summed E-state index contributed by atoms with van der Waals surface area (Å²) >= 11 is 0. The van der Waals surface area contributed by atoms with Crippen molar-refractivity contribution >= 4 is 0 Å². The summed E-state index contributed by atoms with van der Waals surface area (Å²) in [6, 6.07) is -0.656. The van der Waals surface area contributed by atoms with Crippen LogP contribution in [0.2, 0.25) is 0 Å². The number of hydrogen-bond acceptors (Lipinski definition) is 1. The largest absolute Gasteiger partial charge is 0.416 e. The van der Waals surface area contributed by atoms with Crippen LogP contribution in [0.25, 0.3) is 0 Å². The van der Waals surface area contributed by atoms with Crippen LogP contribution in [0.4, 0.5) is 26.3 Å². The van der Waals surface area contributed by atoms with Crippen molar-refractivity contribution in [3.63, 3.8) is 0 Å². The lowest BCUT2D eigenvalue weighted by molar-refractivity contribution is -0.138. The van der Waals surface area contributed by atoms with Gasteiger partial charge in [-0.3, -0.25) is 0 Å². The number of rotatable bonds is 2. The van der Waals surface area contributed by atoms with E-state index in [1.807, 2.05) is 0 Å². The highest BCUT2D eigenvalue weighted by molar-refractivity contribution is 5.33. The highest BCUT2D eigenvalue weighted by Gasteiger charge is 2.36. The Labute approximate surface area is 86.9 Å². The van der Waals surface area contributed by atoms with Gasteiger partial charge >= 0.3 is 6.18 Å². The highest BCUT2D eigenvalue weighted by Crippen LogP contribution is 2.35. The summed E-state index contributed by atoms with van der Waals surface area (Å²) in [5.41, 5.74) is 2.63. The first-order valence-electron chi connectivity index (χ1n) is 4.14. The van der Waals surface area contributed by atoms with Crippen LogP contribution in [0.15, 0.2) is 18.2 Å². The van der Waals surface area contributed by atoms with Crippen LogP contribution in [0.3, 0.4) is 0 Å². The van der Waals surface area contributed by atoms with Crippen molar-refractivity contribution in [2.24, 2.45) is 5.73 Å². The molecule has 0 aliphatic heterocycles. The van der Waals surface area contributed by atoms with Crippen LogP contribution < -0.4 is 5.73 Å². The van der Waals surface area contributed by atoms with Crippen LogP contribution in [0.5, 0.6) is 0 Å². The normalized spacial score (nSPS) is 14.2. The predicted molar refractivity (Wildman–Crippen MR) is 44.3 cm³/mol. The summed E-state index contributed by atoms with van der Waals surface area (Å²) in [7, 11) is 0. The van der Waals surface area contributed by atoms with Crippen molar-refractivity contribution < 1.29 is 26.3 Å². The summed E-state index contributed by atoms with van der Waals surface area (Å²) in [5.74, 6) is -1.16. The Morgan fingerprint density at radius 3 is 2.12 bits per heavy atom. The lowest BCUT2D eigenvalue weighted by atomic mass is 10.0. The minimum Gasteiger partial charge on any atom is -0.319 e. The van der Waals surface area contributed by atoms with Crippen LogP contribution in [-0.2, 0) is 6.18 Å². The molecule has 1 aromatic rings. The summed E-state index contributed by atoms with van der Waals surface area (Å²) in [4.78, 5) is 0. The van der Waals surface area contributed by atoms with E-state index in [9.17, 15) is 26.3 Å². The summed E-state index contributed by atoms with van der Waals surface area (Å²) in [6.45, 7) is 0. The summed E-state index contributed by atoms with van der Waals surface area (Å²) in [5, 5.41) is 0. The van der Waals surface area contributed by atoms with E-state index in [1.54, 1.807) is 0 Å². The number of alkyl halides is 5. The summed E-state index contributed by atoms with van der Waals surface area (Å²) < 4.78 is 74.2. The minimum absolute atomic E-state index is 0.150. The number of hydrogen-bond donors (Lipinski definition) is 1. The van der Waals surface area contributed by atoms with Gasteiger partial charge in [-0.25, -0.2) is 13.2 Å². The Balaban J connectivity index is 3.29. The molecule has 0 heterocycles. The van der Waals surface area contributed by atoms with Gasteiger partial charge in [-0.1, -0.05) is 6.07 Å². The molecule has 90 valence electrons. The molecular formula is C9H7F6N. The van der Waals surface area contributed by atoms with E-state index in [1.165, 1.54) is 0 Å². The second kappa shape index (κ2) is 4.32. The molecule has 0 bridgehead atoms. The van der Waals surface area contributed by atoms with Gasteiger partial charge in [0.1, 0.15) is 5.82 Å². The van der Waals surface area contributed by atoms with Gasteiger partial charge in [0.2, 0.25) is 0 Å². The number of benzene rings is 1. The van der Waals surface area contributed by atoms with Crippen molar-refractivity contribution in [1.29, 1.82) is 0 Å². The van der Waals surface area contributed by atoms with Crippen LogP contribution >= 0.6 is 0 Å². The van der Waals surface area contributed by atoms with Crippen molar-refractivity contribution in [1.82, 2.24) is 0 Å². The molecule has 0 saturated heterocycles. The fourth-order valence-electron chi connectivity index (χ4n) is 1.20. The summed E-state index contributed by atoms with van der Waals surface area (Å²) in [6.07, 6.45) is -8.06. The first-order chi connectivity index (χ1) is 7.23. The van der Waals surface area contributed by atoms with Crippen molar-refractivity contribution in [3.8, 4) is 0 Å². The fraction of sp³-hybridized carbons (Fsp3) is 0.333. The molecule has 0 radical (unpaired) electrons. The minimum atomic E-state index is -4.91. The molecule has 7 heteroatoms. The molecule has 16 heavy (non-hydrogen) atoms. The quantitative estimate of drug-likeness (QED) is 0.793. The Hall–Kier alpha value is -1.24. The molecule has 0 fully saturated rings. The van der Waals surface area contributed by atoms with E-state index in [0.717, 1.165) is 0 Å². The molecule has 0 aromatic heterocycles. The zero-order valence-electron chi connectivity index (χ0n) is 7.73. The first-order valence-corrected chi connectivity index (χ1v) is 4.14. The molecule has 0 spiro atoms. The highest BCUT2D eigenvalue weighted by atomic mass is 19.4.